The fraction of sp³-hybridized carbons (Fsp3) is 1.00. The van der Waals surface area contributed by atoms with Crippen LogP contribution in [0.5, 0.6) is 0 Å². The molecule has 3 aliphatic carbocycles. The maximum absolute atomic E-state index is 6.73. The first-order chi connectivity index (χ1) is 8.24. The highest BCUT2D eigenvalue weighted by Crippen LogP contribution is 2.53. The first kappa shape index (κ1) is 10.8. The molecule has 0 aromatic rings. The van der Waals surface area contributed by atoms with Gasteiger partial charge in [0.05, 0.1) is 6.10 Å². The summed E-state index contributed by atoms with van der Waals surface area (Å²) in [6, 6.07) is 0. The predicted octanol–water partition coefficient (Wildman–Crippen LogP) is 2.71. The normalized spacial score (nSPS) is 53.5. The van der Waals surface area contributed by atoms with Gasteiger partial charge in [0.1, 0.15) is 0 Å². The van der Waals surface area contributed by atoms with Gasteiger partial charge < -0.3 is 10.5 Å². The van der Waals surface area contributed by atoms with Crippen molar-refractivity contribution in [3.8, 4) is 0 Å². The van der Waals surface area contributed by atoms with Gasteiger partial charge in [-0.15, -0.1) is 0 Å². The van der Waals surface area contributed by atoms with Crippen molar-refractivity contribution in [1.82, 2.24) is 0 Å². The number of hydrogen-bond donors (Lipinski definition) is 1. The van der Waals surface area contributed by atoms with Crippen molar-refractivity contribution in [1.29, 1.82) is 0 Å². The van der Waals surface area contributed by atoms with E-state index in [2.05, 4.69) is 0 Å². The van der Waals surface area contributed by atoms with E-state index in [4.69, 9.17) is 10.5 Å². The summed E-state index contributed by atoms with van der Waals surface area (Å²) < 4.78 is 5.96. The van der Waals surface area contributed by atoms with Gasteiger partial charge in [0.15, 0.2) is 0 Å². The lowest BCUT2D eigenvalue weighted by atomic mass is 9.75. The van der Waals surface area contributed by atoms with Crippen molar-refractivity contribution >= 4 is 0 Å². The second-order valence-electron chi connectivity index (χ2n) is 7.25. The van der Waals surface area contributed by atoms with Crippen molar-refractivity contribution in [2.75, 3.05) is 6.61 Å². The van der Waals surface area contributed by atoms with E-state index in [1.165, 1.54) is 44.9 Å². The van der Waals surface area contributed by atoms with Crippen LogP contribution in [0.1, 0.15) is 51.4 Å². The predicted molar refractivity (Wildman–Crippen MR) is 67.6 cm³/mol. The summed E-state index contributed by atoms with van der Waals surface area (Å²) in [6.07, 6.45) is 11.5. The second-order valence-corrected chi connectivity index (χ2v) is 7.25. The number of nitrogens with two attached hydrogens (primary N) is 1. The number of fused-ring (bicyclic) bond motifs is 2. The Morgan fingerprint density at radius 3 is 2.53 bits per heavy atom. The Kier molecular flexibility index (Phi) is 2.36. The second kappa shape index (κ2) is 3.71. The zero-order valence-corrected chi connectivity index (χ0v) is 10.7. The zero-order chi connectivity index (χ0) is 11.5. The highest BCUT2D eigenvalue weighted by molar-refractivity contribution is 5.06. The molecule has 96 valence electrons. The molecule has 2 N–H and O–H groups in total. The van der Waals surface area contributed by atoms with E-state index in [9.17, 15) is 0 Å². The van der Waals surface area contributed by atoms with Crippen LogP contribution in [0.25, 0.3) is 0 Å². The van der Waals surface area contributed by atoms with Crippen molar-refractivity contribution in [2.45, 2.75) is 63.0 Å². The third kappa shape index (κ3) is 1.76. The van der Waals surface area contributed by atoms with Crippen LogP contribution in [0.15, 0.2) is 0 Å². The quantitative estimate of drug-likeness (QED) is 0.816. The van der Waals surface area contributed by atoms with Crippen molar-refractivity contribution in [2.24, 2.45) is 29.4 Å². The molecule has 0 amide bonds. The number of ether oxygens (including phenoxy) is 1. The van der Waals surface area contributed by atoms with E-state index >= 15 is 0 Å². The molecule has 2 heteroatoms. The molecule has 0 spiro atoms. The third-order valence-corrected chi connectivity index (χ3v) is 6.01. The molecule has 17 heavy (non-hydrogen) atoms. The number of rotatable bonds is 3. The Bertz CT molecular complexity index is 314. The first-order valence-electron chi connectivity index (χ1n) is 7.65. The number of hydrogen-bond acceptors (Lipinski definition) is 2. The molecule has 5 atom stereocenters. The van der Waals surface area contributed by atoms with Crippen LogP contribution < -0.4 is 5.73 Å². The Morgan fingerprint density at radius 1 is 1.06 bits per heavy atom. The van der Waals surface area contributed by atoms with Crippen LogP contribution in [0.3, 0.4) is 0 Å². The van der Waals surface area contributed by atoms with Crippen LogP contribution >= 0.6 is 0 Å². The van der Waals surface area contributed by atoms with Gasteiger partial charge in [0.2, 0.25) is 0 Å². The van der Waals surface area contributed by atoms with Gasteiger partial charge in [0.25, 0.3) is 0 Å². The maximum atomic E-state index is 6.73. The van der Waals surface area contributed by atoms with Crippen molar-refractivity contribution in [3.05, 3.63) is 0 Å². The molecule has 2 bridgehead atoms. The van der Waals surface area contributed by atoms with Gasteiger partial charge in [-0.05, 0) is 68.6 Å². The minimum Gasteiger partial charge on any atom is -0.376 e. The summed E-state index contributed by atoms with van der Waals surface area (Å²) in [7, 11) is 0. The minimum absolute atomic E-state index is 0.0380. The highest BCUT2D eigenvalue weighted by atomic mass is 16.5. The summed E-state index contributed by atoms with van der Waals surface area (Å²) in [5.41, 5.74) is 6.77. The molecule has 5 unspecified atom stereocenters. The van der Waals surface area contributed by atoms with Gasteiger partial charge in [0, 0.05) is 12.1 Å². The lowest BCUT2D eigenvalue weighted by molar-refractivity contribution is 0.0515. The lowest BCUT2D eigenvalue weighted by Gasteiger charge is -2.35. The Morgan fingerprint density at radius 2 is 1.88 bits per heavy atom. The Balaban J connectivity index is 1.46. The summed E-state index contributed by atoms with van der Waals surface area (Å²) in [4.78, 5) is 0. The molecule has 4 fully saturated rings. The van der Waals surface area contributed by atoms with E-state index in [0.29, 0.717) is 6.10 Å². The topological polar surface area (TPSA) is 35.2 Å². The average Bonchev–Trinajstić information content (AvgIpc) is 2.76. The molecular weight excluding hydrogens is 210 g/mol. The summed E-state index contributed by atoms with van der Waals surface area (Å²) in [6.45, 7) is 0.915. The fourth-order valence-corrected chi connectivity index (χ4v) is 5.02. The molecule has 1 heterocycles. The van der Waals surface area contributed by atoms with Gasteiger partial charge in [-0.3, -0.25) is 0 Å². The first-order valence-corrected chi connectivity index (χ1v) is 7.65. The molecule has 0 aromatic carbocycles. The van der Waals surface area contributed by atoms with Gasteiger partial charge >= 0.3 is 0 Å². The van der Waals surface area contributed by atoms with Crippen LogP contribution in [-0.2, 0) is 4.74 Å². The van der Waals surface area contributed by atoms with Crippen LogP contribution in [0.2, 0.25) is 0 Å². The van der Waals surface area contributed by atoms with E-state index < -0.39 is 0 Å². The SMILES string of the molecule is NC1(CC2CC3CCC2C3)CCOC1C1CC1. The summed E-state index contributed by atoms with van der Waals surface area (Å²) in [5.74, 6) is 3.80. The molecule has 3 saturated carbocycles. The Labute approximate surface area is 104 Å². The monoisotopic (exact) mass is 235 g/mol. The van der Waals surface area contributed by atoms with E-state index in [0.717, 1.165) is 36.7 Å². The van der Waals surface area contributed by atoms with Gasteiger partial charge in [-0.25, -0.2) is 0 Å². The Hall–Kier alpha value is -0.0800. The molecule has 0 aromatic heterocycles. The zero-order valence-electron chi connectivity index (χ0n) is 10.7. The average molecular weight is 235 g/mol. The largest absolute Gasteiger partial charge is 0.376 e. The van der Waals surface area contributed by atoms with Crippen LogP contribution in [0.4, 0.5) is 0 Å². The van der Waals surface area contributed by atoms with Crippen molar-refractivity contribution in [3.63, 3.8) is 0 Å². The highest BCUT2D eigenvalue weighted by Gasteiger charge is 2.51. The molecule has 0 radical (unpaired) electrons. The molecule has 1 saturated heterocycles. The van der Waals surface area contributed by atoms with E-state index in [1.54, 1.807) is 0 Å². The summed E-state index contributed by atoms with van der Waals surface area (Å²) >= 11 is 0. The van der Waals surface area contributed by atoms with E-state index in [-0.39, 0.29) is 5.54 Å². The van der Waals surface area contributed by atoms with E-state index in [1.807, 2.05) is 0 Å². The standard InChI is InChI=1S/C15H25NO/c16-15(5-6-17-14(15)11-3-4-11)9-13-8-10-1-2-12(13)7-10/h10-14H,1-9,16H2. The van der Waals surface area contributed by atoms with Crippen molar-refractivity contribution < 1.29 is 4.74 Å². The smallest absolute Gasteiger partial charge is 0.0783 e. The van der Waals surface area contributed by atoms with Crippen LogP contribution in [0, 0.1) is 23.7 Å². The third-order valence-electron chi connectivity index (χ3n) is 6.01. The molecule has 2 nitrogen and oxygen atoms in total. The van der Waals surface area contributed by atoms with Gasteiger partial charge in [-0.2, -0.15) is 0 Å². The molecule has 4 rings (SSSR count). The fourth-order valence-electron chi connectivity index (χ4n) is 5.02. The maximum Gasteiger partial charge on any atom is 0.0783 e. The molecule has 4 aliphatic rings. The minimum atomic E-state index is 0.0380. The lowest BCUT2D eigenvalue weighted by Crippen LogP contribution is -2.50. The van der Waals surface area contributed by atoms with Crippen LogP contribution in [-0.4, -0.2) is 18.2 Å². The molecule has 1 aliphatic heterocycles. The summed E-state index contributed by atoms with van der Waals surface area (Å²) in [5, 5.41) is 0. The van der Waals surface area contributed by atoms with Gasteiger partial charge in [-0.1, -0.05) is 6.42 Å². The molecular formula is C15H25NO.